The molecule has 1 aromatic heterocycles. The Hall–Kier alpha value is -0.880. The maximum atomic E-state index is 11.2. The first kappa shape index (κ1) is 11.6. The van der Waals surface area contributed by atoms with E-state index >= 15 is 0 Å². The van der Waals surface area contributed by atoms with Crippen LogP contribution in [0.5, 0.6) is 0 Å². The standard InChI is InChI=1S/C10H16N2O3S/c1-8-6-10(12-15-8)7-11-9-2-4-16(13,14)5-3-9/h6,9,11H,2-5,7H2,1H3. The minimum absolute atomic E-state index is 0.278. The number of nitrogens with one attached hydrogen (secondary N) is 1. The molecule has 1 aliphatic rings. The molecule has 1 N–H and O–H groups in total. The number of sulfone groups is 1. The highest BCUT2D eigenvalue weighted by atomic mass is 32.2. The van der Waals surface area contributed by atoms with Gasteiger partial charge in [-0.05, 0) is 19.8 Å². The average Bonchev–Trinajstić information content (AvgIpc) is 2.63. The van der Waals surface area contributed by atoms with E-state index in [-0.39, 0.29) is 6.04 Å². The van der Waals surface area contributed by atoms with Crippen LogP contribution in [0.15, 0.2) is 10.6 Å². The molecule has 1 aliphatic heterocycles. The van der Waals surface area contributed by atoms with Gasteiger partial charge in [0, 0.05) is 18.7 Å². The molecule has 5 nitrogen and oxygen atoms in total. The number of aryl methyl sites for hydroxylation is 1. The number of rotatable bonds is 3. The molecule has 1 aromatic rings. The van der Waals surface area contributed by atoms with Crippen LogP contribution in [-0.2, 0) is 16.4 Å². The van der Waals surface area contributed by atoms with Crippen molar-refractivity contribution in [3.05, 3.63) is 17.5 Å². The van der Waals surface area contributed by atoms with E-state index in [4.69, 9.17) is 4.52 Å². The third kappa shape index (κ3) is 3.05. The maximum Gasteiger partial charge on any atom is 0.150 e. The van der Waals surface area contributed by atoms with Crippen LogP contribution < -0.4 is 5.32 Å². The summed E-state index contributed by atoms with van der Waals surface area (Å²) in [6.45, 7) is 2.49. The molecule has 0 aromatic carbocycles. The van der Waals surface area contributed by atoms with E-state index < -0.39 is 9.84 Å². The highest BCUT2D eigenvalue weighted by Crippen LogP contribution is 2.12. The Bertz CT molecular complexity index is 438. The molecular weight excluding hydrogens is 228 g/mol. The predicted octanol–water partition coefficient (Wildman–Crippen LogP) is 0.650. The molecule has 0 saturated carbocycles. The number of hydrogen-bond acceptors (Lipinski definition) is 5. The van der Waals surface area contributed by atoms with Gasteiger partial charge in [0.05, 0.1) is 17.2 Å². The summed E-state index contributed by atoms with van der Waals surface area (Å²) in [5, 5.41) is 7.18. The molecule has 0 atom stereocenters. The molecule has 0 bridgehead atoms. The first-order valence-electron chi connectivity index (χ1n) is 5.41. The van der Waals surface area contributed by atoms with Crippen molar-refractivity contribution in [2.24, 2.45) is 0 Å². The van der Waals surface area contributed by atoms with Gasteiger partial charge in [-0.25, -0.2) is 8.42 Å². The summed E-state index contributed by atoms with van der Waals surface area (Å²) < 4.78 is 27.4. The monoisotopic (exact) mass is 244 g/mol. The zero-order valence-corrected chi connectivity index (χ0v) is 10.1. The van der Waals surface area contributed by atoms with Crippen LogP contribution in [0.3, 0.4) is 0 Å². The van der Waals surface area contributed by atoms with Crippen molar-refractivity contribution in [3.63, 3.8) is 0 Å². The Morgan fingerprint density at radius 3 is 2.75 bits per heavy atom. The zero-order chi connectivity index (χ0) is 11.6. The highest BCUT2D eigenvalue weighted by molar-refractivity contribution is 7.91. The zero-order valence-electron chi connectivity index (χ0n) is 9.27. The normalized spacial score (nSPS) is 21.1. The Balaban J connectivity index is 1.80. The third-order valence-electron chi connectivity index (χ3n) is 2.80. The second kappa shape index (κ2) is 4.55. The lowest BCUT2D eigenvalue weighted by atomic mass is 10.1. The fourth-order valence-corrected chi connectivity index (χ4v) is 3.34. The van der Waals surface area contributed by atoms with Crippen molar-refractivity contribution >= 4 is 9.84 Å². The maximum absolute atomic E-state index is 11.2. The summed E-state index contributed by atoms with van der Waals surface area (Å²) in [4.78, 5) is 0. The van der Waals surface area contributed by atoms with Gasteiger partial charge in [0.2, 0.25) is 0 Å². The van der Waals surface area contributed by atoms with Crippen molar-refractivity contribution in [1.82, 2.24) is 10.5 Å². The SMILES string of the molecule is Cc1cc(CNC2CCS(=O)(=O)CC2)no1. The molecule has 2 heterocycles. The molecule has 0 aliphatic carbocycles. The Labute approximate surface area is 95.1 Å². The van der Waals surface area contributed by atoms with Crippen LogP contribution in [0.25, 0.3) is 0 Å². The van der Waals surface area contributed by atoms with Crippen molar-refractivity contribution in [2.45, 2.75) is 32.4 Å². The first-order chi connectivity index (χ1) is 7.55. The fraction of sp³-hybridized carbons (Fsp3) is 0.700. The van der Waals surface area contributed by atoms with E-state index in [1.54, 1.807) is 0 Å². The van der Waals surface area contributed by atoms with Crippen molar-refractivity contribution in [2.75, 3.05) is 11.5 Å². The third-order valence-corrected chi connectivity index (χ3v) is 4.52. The minimum Gasteiger partial charge on any atom is -0.361 e. The Morgan fingerprint density at radius 1 is 1.50 bits per heavy atom. The van der Waals surface area contributed by atoms with Crippen molar-refractivity contribution < 1.29 is 12.9 Å². The Morgan fingerprint density at radius 2 is 2.19 bits per heavy atom. The second-order valence-electron chi connectivity index (χ2n) is 4.24. The van der Waals surface area contributed by atoms with E-state index in [1.165, 1.54) is 0 Å². The van der Waals surface area contributed by atoms with Gasteiger partial charge in [-0.1, -0.05) is 5.16 Å². The molecular formula is C10H16N2O3S. The van der Waals surface area contributed by atoms with Crippen LogP contribution in [0.1, 0.15) is 24.3 Å². The van der Waals surface area contributed by atoms with Crippen LogP contribution in [0, 0.1) is 6.92 Å². The molecule has 0 amide bonds. The molecule has 0 spiro atoms. The summed E-state index contributed by atoms with van der Waals surface area (Å²) in [6.07, 6.45) is 1.39. The summed E-state index contributed by atoms with van der Waals surface area (Å²) >= 11 is 0. The van der Waals surface area contributed by atoms with Gasteiger partial charge >= 0.3 is 0 Å². The Kier molecular flexibility index (Phi) is 3.30. The highest BCUT2D eigenvalue weighted by Gasteiger charge is 2.23. The van der Waals surface area contributed by atoms with E-state index in [0.29, 0.717) is 30.9 Å². The molecule has 0 unspecified atom stereocenters. The smallest absolute Gasteiger partial charge is 0.150 e. The molecule has 1 fully saturated rings. The van der Waals surface area contributed by atoms with Gasteiger partial charge in [-0.15, -0.1) is 0 Å². The van der Waals surface area contributed by atoms with Crippen LogP contribution >= 0.6 is 0 Å². The van der Waals surface area contributed by atoms with Crippen molar-refractivity contribution in [3.8, 4) is 0 Å². The lowest BCUT2D eigenvalue weighted by molar-refractivity contribution is 0.382. The second-order valence-corrected chi connectivity index (χ2v) is 6.54. The van der Waals surface area contributed by atoms with Gasteiger partial charge in [0.25, 0.3) is 0 Å². The fourth-order valence-electron chi connectivity index (χ4n) is 1.84. The van der Waals surface area contributed by atoms with E-state index in [9.17, 15) is 8.42 Å². The quantitative estimate of drug-likeness (QED) is 0.845. The van der Waals surface area contributed by atoms with Gasteiger partial charge in [-0.3, -0.25) is 0 Å². The minimum atomic E-state index is -2.77. The molecule has 2 rings (SSSR count). The average molecular weight is 244 g/mol. The first-order valence-corrected chi connectivity index (χ1v) is 7.23. The lowest BCUT2D eigenvalue weighted by Gasteiger charge is -2.22. The number of nitrogens with zero attached hydrogens (tertiary/aromatic N) is 1. The van der Waals surface area contributed by atoms with Crippen LogP contribution in [-0.4, -0.2) is 31.1 Å². The van der Waals surface area contributed by atoms with Crippen molar-refractivity contribution in [1.29, 1.82) is 0 Å². The van der Waals surface area contributed by atoms with Gasteiger partial charge in [0.15, 0.2) is 0 Å². The molecule has 6 heteroatoms. The topological polar surface area (TPSA) is 72.2 Å². The number of hydrogen-bond donors (Lipinski definition) is 1. The van der Waals surface area contributed by atoms with E-state index in [0.717, 1.165) is 11.5 Å². The summed E-state index contributed by atoms with van der Waals surface area (Å²) in [7, 11) is -2.77. The molecule has 0 radical (unpaired) electrons. The summed E-state index contributed by atoms with van der Waals surface area (Å²) in [5.74, 6) is 1.38. The van der Waals surface area contributed by atoms with E-state index in [1.807, 2.05) is 13.0 Å². The van der Waals surface area contributed by atoms with Gasteiger partial charge in [-0.2, -0.15) is 0 Å². The van der Waals surface area contributed by atoms with Crippen LogP contribution in [0.4, 0.5) is 0 Å². The van der Waals surface area contributed by atoms with E-state index in [2.05, 4.69) is 10.5 Å². The van der Waals surface area contributed by atoms with Gasteiger partial charge in [0.1, 0.15) is 15.6 Å². The lowest BCUT2D eigenvalue weighted by Crippen LogP contribution is -2.37. The predicted molar refractivity (Wildman–Crippen MR) is 59.8 cm³/mol. The van der Waals surface area contributed by atoms with Gasteiger partial charge < -0.3 is 9.84 Å². The largest absolute Gasteiger partial charge is 0.361 e. The molecule has 90 valence electrons. The summed E-state index contributed by atoms with van der Waals surface area (Å²) in [6, 6.07) is 2.16. The van der Waals surface area contributed by atoms with Crippen LogP contribution in [0.2, 0.25) is 0 Å². The number of aromatic nitrogens is 1. The molecule has 1 saturated heterocycles. The molecule has 16 heavy (non-hydrogen) atoms. The summed E-state index contributed by atoms with van der Waals surface area (Å²) in [5.41, 5.74) is 0.867.